The van der Waals surface area contributed by atoms with Crippen molar-refractivity contribution in [3.63, 3.8) is 0 Å². The highest BCUT2D eigenvalue weighted by atomic mass is 79.9. The number of unbranched alkanes of at least 4 members (excludes halogenated alkanes) is 1. The Morgan fingerprint density at radius 1 is 1.29 bits per heavy atom. The molecule has 0 aliphatic carbocycles. The Balaban J connectivity index is 0.00000200. The lowest BCUT2D eigenvalue weighted by molar-refractivity contribution is 0.163. The molecule has 2 nitrogen and oxygen atoms in total. The molecule has 0 bridgehead atoms. The fraction of sp³-hybridized carbons (Fsp3) is 0.600. The van der Waals surface area contributed by atoms with Crippen molar-refractivity contribution in [3.05, 3.63) is 34.1 Å². The lowest BCUT2D eigenvalue weighted by Gasteiger charge is -2.35. The predicted molar refractivity (Wildman–Crippen MR) is 95.3 cm³/mol. The number of halogens is 4. The first kappa shape index (κ1) is 21.1. The smallest absolute Gasteiger partial charge is 0.137 e. The van der Waals surface area contributed by atoms with Crippen LogP contribution in [0.25, 0.3) is 0 Å². The molecule has 0 radical (unpaired) electrons. The molecule has 0 saturated carbocycles. The second-order valence-corrected chi connectivity index (χ2v) is 5.97. The molecule has 1 aromatic rings. The summed E-state index contributed by atoms with van der Waals surface area (Å²) in [7, 11) is 0. The van der Waals surface area contributed by atoms with Crippen LogP contribution in [0, 0.1) is 5.82 Å². The standard InChI is InChI=1S/C15H22BrFN2.2ClH/c1-2-3-4-15(19-9-7-18-8-10-19)12-5-6-14(17)13(16)11-12;;/h5-6,11,15,18H,2-4,7-10H2,1H3;2*1H/t15-;;/m1../s1. The molecule has 1 aromatic carbocycles. The summed E-state index contributed by atoms with van der Waals surface area (Å²) in [5, 5.41) is 3.39. The van der Waals surface area contributed by atoms with Crippen LogP contribution in [0.15, 0.2) is 22.7 Å². The van der Waals surface area contributed by atoms with Crippen molar-refractivity contribution in [2.45, 2.75) is 32.2 Å². The highest BCUT2D eigenvalue weighted by molar-refractivity contribution is 9.10. The maximum absolute atomic E-state index is 13.4. The molecular formula is C15H24BrCl2FN2. The molecule has 1 N–H and O–H groups in total. The van der Waals surface area contributed by atoms with Gasteiger partial charge in [0.25, 0.3) is 0 Å². The third kappa shape index (κ3) is 6.03. The lowest BCUT2D eigenvalue weighted by Crippen LogP contribution is -2.45. The maximum atomic E-state index is 13.4. The van der Waals surface area contributed by atoms with Crippen LogP contribution in [0.4, 0.5) is 4.39 Å². The van der Waals surface area contributed by atoms with E-state index in [1.807, 2.05) is 12.1 Å². The largest absolute Gasteiger partial charge is 0.314 e. The van der Waals surface area contributed by atoms with E-state index >= 15 is 0 Å². The van der Waals surface area contributed by atoms with Gasteiger partial charge in [0.15, 0.2) is 0 Å². The summed E-state index contributed by atoms with van der Waals surface area (Å²) in [5.74, 6) is -0.182. The molecule has 122 valence electrons. The van der Waals surface area contributed by atoms with E-state index in [4.69, 9.17) is 0 Å². The van der Waals surface area contributed by atoms with Gasteiger partial charge < -0.3 is 5.32 Å². The topological polar surface area (TPSA) is 15.3 Å². The number of hydrogen-bond donors (Lipinski definition) is 1. The summed E-state index contributed by atoms with van der Waals surface area (Å²) in [6.45, 7) is 6.46. The van der Waals surface area contributed by atoms with E-state index in [1.54, 1.807) is 6.07 Å². The molecule has 6 heteroatoms. The molecule has 1 atom stereocenters. The number of hydrogen-bond acceptors (Lipinski definition) is 2. The highest BCUT2D eigenvalue weighted by Crippen LogP contribution is 2.29. The van der Waals surface area contributed by atoms with Gasteiger partial charge >= 0.3 is 0 Å². The van der Waals surface area contributed by atoms with E-state index in [1.165, 1.54) is 18.4 Å². The van der Waals surface area contributed by atoms with Crippen molar-refractivity contribution < 1.29 is 4.39 Å². The minimum atomic E-state index is -0.182. The average Bonchev–Trinajstić information content (AvgIpc) is 2.44. The second kappa shape index (κ2) is 10.8. The van der Waals surface area contributed by atoms with Crippen LogP contribution in [0.1, 0.15) is 37.8 Å². The highest BCUT2D eigenvalue weighted by Gasteiger charge is 2.22. The zero-order valence-electron chi connectivity index (χ0n) is 12.3. The Bertz CT molecular complexity index is 415. The van der Waals surface area contributed by atoms with Gasteiger partial charge in [0.05, 0.1) is 4.47 Å². The Kier molecular flexibility index (Phi) is 10.9. The summed E-state index contributed by atoms with van der Waals surface area (Å²) in [6.07, 6.45) is 3.56. The number of rotatable bonds is 5. The van der Waals surface area contributed by atoms with Gasteiger partial charge in [-0.05, 0) is 40.0 Å². The normalized spacial score (nSPS) is 16.7. The predicted octanol–water partition coefficient (Wildman–Crippen LogP) is 4.57. The summed E-state index contributed by atoms with van der Waals surface area (Å²) in [5.41, 5.74) is 1.23. The van der Waals surface area contributed by atoms with Crippen molar-refractivity contribution in [2.75, 3.05) is 26.2 Å². The molecule has 0 unspecified atom stereocenters. The van der Waals surface area contributed by atoms with E-state index in [0.717, 1.165) is 32.6 Å². The van der Waals surface area contributed by atoms with Gasteiger partial charge in [0.2, 0.25) is 0 Å². The molecule has 0 spiro atoms. The minimum absolute atomic E-state index is 0. The first-order chi connectivity index (χ1) is 9.22. The van der Waals surface area contributed by atoms with Crippen LogP contribution in [0.5, 0.6) is 0 Å². The molecule has 1 aliphatic heterocycles. The van der Waals surface area contributed by atoms with E-state index in [-0.39, 0.29) is 30.6 Å². The zero-order chi connectivity index (χ0) is 13.7. The second-order valence-electron chi connectivity index (χ2n) is 5.12. The van der Waals surface area contributed by atoms with Gasteiger partial charge in [0, 0.05) is 32.2 Å². The van der Waals surface area contributed by atoms with Crippen LogP contribution in [-0.4, -0.2) is 31.1 Å². The van der Waals surface area contributed by atoms with Crippen molar-refractivity contribution in [3.8, 4) is 0 Å². The van der Waals surface area contributed by atoms with E-state index in [9.17, 15) is 4.39 Å². The summed E-state index contributed by atoms with van der Waals surface area (Å²) in [4.78, 5) is 2.52. The SMILES string of the molecule is CCCC[C@H](c1ccc(F)c(Br)c1)N1CCNCC1.Cl.Cl. The van der Waals surface area contributed by atoms with Gasteiger partial charge in [0.1, 0.15) is 5.82 Å². The Labute approximate surface area is 147 Å². The van der Waals surface area contributed by atoms with Gasteiger partial charge in [-0.3, -0.25) is 4.90 Å². The van der Waals surface area contributed by atoms with Crippen LogP contribution in [-0.2, 0) is 0 Å². The van der Waals surface area contributed by atoms with Crippen molar-refractivity contribution in [2.24, 2.45) is 0 Å². The minimum Gasteiger partial charge on any atom is -0.314 e. The van der Waals surface area contributed by atoms with Crippen LogP contribution in [0.3, 0.4) is 0 Å². The molecule has 1 fully saturated rings. The first-order valence-electron chi connectivity index (χ1n) is 7.12. The maximum Gasteiger partial charge on any atom is 0.137 e. The number of piperazine rings is 1. The third-order valence-corrected chi connectivity index (χ3v) is 4.36. The van der Waals surface area contributed by atoms with Crippen molar-refractivity contribution in [1.29, 1.82) is 0 Å². The van der Waals surface area contributed by atoms with Gasteiger partial charge in [-0.1, -0.05) is 25.8 Å². The van der Waals surface area contributed by atoms with Gasteiger partial charge in [-0.25, -0.2) is 4.39 Å². The van der Waals surface area contributed by atoms with Crippen LogP contribution >= 0.6 is 40.7 Å². The fourth-order valence-electron chi connectivity index (χ4n) is 2.67. The Morgan fingerprint density at radius 2 is 1.95 bits per heavy atom. The first-order valence-corrected chi connectivity index (χ1v) is 7.91. The zero-order valence-corrected chi connectivity index (χ0v) is 15.5. The third-order valence-electron chi connectivity index (χ3n) is 3.75. The Hall–Kier alpha value is 0.130. The molecule has 0 aromatic heterocycles. The van der Waals surface area contributed by atoms with Crippen LogP contribution in [0.2, 0.25) is 0 Å². The van der Waals surface area contributed by atoms with Crippen molar-refractivity contribution in [1.82, 2.24) is 10.2 Å². The number of nitrogens with one attached hydrogen (secondary N) is 1. The average molecular weight is 402 g/mol. The van der Waals surface area contributed by atoms with E-state index < -0.39 is 0 Å². The molecule has 21 heavy (non-hydrogen) atoms. The van der Waals surface area contributed by atoms with Crippen molar-refractivity contribution >= 4 is 40.7 Å². The molecular weight excluding hydrogens is 378 g/mol. The summed E-state index contributed by atoms with van der Waals surface area (Å²) >= 11 is 3.30. The lowest BCUT2D eigenvalue weighted by atomic mass is 9.99. The summed E-state index contributed by atoms with van der Waals surface area (Å²) in [6, 6.07) is 5.86. The molecule has 1 heterocycles. The van der Waals surface area contributed by atoms with Gasteiger partial charge in [-0.2, -0.15) is 0 Å². The Morgan fingerprint density at radius 3 is 2.52 bits per heavy atom. The van der Waals surface area contributed by atoms with E-state index in [2.05, 4.69) is 33.1 Å². The van der Waals surface area contributed by atoms with Crippen LogP contribution < -0.4 is 5.32 Å². The molecule has 1 aliphatic rings. The molecule has 0 amide bonds. The molecule has 2 rings (SSSR count). The molecule has 1 saturated heterocycles. The quantitative estimate of drug-likeness (QED) is 0.777. The fourth-order valence-corrected chi connectivity index (χ4v) is 3.07. The van der Waals surface area contributed by atoms with E-state index in [0.29, 0.717) is 10.5 Å². The van der Waals surface area contributed by atoms with Gasteiger partial charge in [-0.15, -0.1) is 24.8 Å². The summed E-state index contributed by atoms with van der Waals surface area (Å²) < 4.78 is 14.0. The monoisotopic (exact) mass is 400 g/mol. The number of nitrogens with zero attached hydrogens (tertiary/aromatic N) is 1. The number of benzene rings is 1.